The maximum absolute atomic E-state index is 12.3. The highest BCUT2D eigenvalue weighted by Gasteiger charge is 2.06. The van der Waals surface area contributed by atoms with Crippen LogP contribution in [0.5, 0.6) is 0 Å². The van der Waals surface area contributed by atoms with Gasteiger partial charge >= 0.3 is 0 Å². The second kappa shape index (κ2) is 5.80. The van der Waals surface area contributed by atoms with Crippen LogP contribution in [0.15, 0.2) is 66.7 Å². The smallest absolute Gasteiger partial charge is 0.251 e. The number of benzene rings is 3. The van der Waals surface area contributed by atoms with Gasteiger partial charge in [0, 0.05) is 12.1 Å². The van der Waals surface area contributed by atoms with Crippen LogP contribution in [-0.4, -0.2) is 5.91 Å². The Morgan fingerprint density at radius 3 is 2.43 bits per heavy atom. The molecule has 0 aliphatic rings. The first kappa shape index (κ1) is 13.4. The van der Waals surface area contributed by atoms with E-state index in [9.17, 15) is 4.79 Å². The number of carbonyl (C=O) groups excluding carboxylic acids is 1. The van der Waals surface area contributed by atoms with E-state index in [0.717, 1.165) is 16.3 Å². The predicted octanol–water partition coefficient (Wildman–Crippen LogP) is 4.08. The van der Waals surface area contributed by atoms with E-state index in [1.807, 2.05) is 60.7 Å². The lowest BCUT2D eigenvalue weighted by Gasteiger charge is -2.08. The Hall–Kier alpha value is -2.61. The van der Waals surface area contributed by atoms with Crippen LogP contribution < -0.4 is 5.32 Å². The van der Waals surface area contributed by atoms with E-state index >= 15 is 0 Å². The molecule has 0 spiro atoms. The van der Waals surface area contributed by atoms with Crippen LogP contribution in [0.3, 0.4) is 0 Å². The van der Waals surface area contributed by atoms with Crippen molar-refractivity contribution in [3.05, 3.63) is 83.4 Å². The molecule has 21 heavy (non-hydrogen) atoms. The predicted molar refractivity (Wildman–Crippen MR) is 86.3 cm³/mol. The topological polar surface area (TPSA) is 29.1 Å². The van der Waals surface area contributed by atoms with E-state index in [2.05, 4.69) is 18.3 Å². The van der Waals surface area contributed by atoms with E-state index in [1.165, 1.54) is 5.56 Å². The summed E-state index contributed by atoms with van der Waals surface area (Å²) in [6, 6.07) is 21.9. The number of amides is 1. The van der Waals surface area contributed by atoms with Gasteiger partial charge in [-0.1, -0.05) is 54.6 Å². The lowest BCUT2D eigenvalue weighted by molar-refractivity contribution is 0.0951. The van der Waals surface area contributed by atoms with Gasteiger partial charge < -0.3 is 5.32 Å². The summed E-state index contributed by atoms with van der Waals surface area (Å²) in [6.45, 7) is 2.61. The van der Waals surface area contributed by atoms with Crippen LogP contribution in [0, 0.1) is 6.92 Å². The number of hydrogen-bond donors (Lipinski definition) is 1. The average Bonchev–Trinajstić information content (AvgIpc) is 2.53. The molecule has 2 nitrogen and oxygen atoms in total. The van der Waals surface area contributed by atoms with Gasteiger partial charge in [0.05, 0.1) is 0 Å². The zero-order valence-corrected chi connectivity index (χ0v) is 12.0. The molecule has 0 radical (unpaired) electrons. The molecule has 0 aliphatic carbocycles. The van der Waals surface area contributed by atoms with Gasteiger partial charge in [-0.15, -0.1) is 0 Å². The molecule has 0 saturated carbocycles. The lowest BCUT2D eigenvalue weighted by atomic mass is 10.1. The summed E-state index contributed by atoms with van der Waals surface area (Å²) in [4.78, 5) is 12.3. The summed E-state index contributed by atoms with van der Waals surface area (Å²) in [5.41, 5.74) is 3.03. The fraction of sp³-hybridized carbons (Fsp3) is 0.105. The minimum Gasteiger partial charge on any atom is -0.348 e. The quantitative estimate of drug-likeness (QED) is 0.766. The fourth-order valence-corrected chi connectivity index (χ4v) is 2.42. The lowest BCUT2D eigenvalue weighted by Crippen LogP contribution is -2.23. The number of rotatable bonds is 3. The molecule has 0 heterocycles. The molecule has 1 N–H and O–H groups in total. The van der Waals surface area contributed by atoms with Crippen LogP contribution in [-0.2, 0) is 6.54 Å². The summed E-state index contributed by atoms with van der Waals surface area (Å²) in [7, 11) is 0. The van der Waals surface area contributed by atoms with Crippen LogP contribution in [0.4, 0.5) is 0 Å². The maximum atomic E-state index is 12.3. The molecule has 0 fully saturated rings. The van der Waals surface area contributed by atoms with Crippen molar-refractivity contribution in [3.8, 4) is 0 Å². The second-order valence-electron chi connectivity index (χ2n) is 5.17. The summed E-state index contributed by atoms with van der Waals surface area (Å²) in [5.74, 6) is -0.0380. The van der Waals surface area contributed by atoms with Crippen molar-refractivity contribution in [2.24, 2.45) is 0 Å². The number of aryl methyl sites for hydroxylation is 1. The first-order valence-electron chi connectivity index (χ1n) is 7.05. The summed E-state index contributed by atoms with van der Waals surface area (Å²) < 4.78 is 0. The molecule has 1 amide bonds. The molecule has 0 aliphatic heterocycles. The molecule has 0 saturated heterocycles. The van der Waals surface area contributed by atoms with Gasteiger partial charge in [-0.25, -0.2) is 0 Å². The molecule has 0 unspecified atom stereocenters. The molecular weight excluding hydrogens is 258 g/mol. The van der Waals surface area contributed by atoms with Gasteiger partial charge in [0.1, 0.15) is 0 Å². The molecule has 2 heteroatoms. The third-order valence-corrected chi connectivity index (χ3v) is 3.71. The maximum Gasteiger partial charge on any atom is 0.251 e. The van der Waals surface area contributed by atoms with Gasteiger partial charge in [-0.05, 0) is 41.0 Å². The Morgan fingerprint density at radius 2 is 1.62 bits per heavy atom. The molecular formula is C19H17NO. The Morgan fingerprint density at radius 1 is 0.905 bits per heavy atom. The number of carbonyl (C=O) groups is 1. The van der Waals surface area contributed by atoms with E-state index in [0.29, 0.717) is 12.1 Å². The normalized spacial score (nSPS) is 10.5. The Kier molecular flexibility index (Phi) is 3.69. The van der Waals surface area contributed by atoms with Crippen molar-refractivity contribution < 1.29 is 4.79 Å². The summed E-state index contributed by atoms with van der Waals surface area (Å²) >= 11 is 0. The Labute approximate surface area is 124 Å². The van der Waals surface area contributed by atoms with Crippen LogP contribution in [0.1, 0.15) is 21.5 Å². The third-order valence-electron chi connectivity index (χ3n) is 3.71. The highest BCUT2D eigenvalue weighted by atomic mass is 16.1. The summed E-state index contributed by atoms with van der Waals surface area (Å²) in [5, 5.41) is 5.21. The van der Waals surface area contributed by atoms with Crippen molar-refractivity contribution in [2.45, 2.75) is 13.5 Å². The van der Waals surface area contributed by atoms with E-state index in [-0.39, 0.29) is 5.91 Å². The van der Waals surface area contributed by atoms with Gasteiger partial charge in [0.15, 0.2) is 0 Å². The van der Waals surface area contributed by atoms with Crippen LogP contribution >= 0.6 is 0 Å². The minimum atomic E-state index is -0.0380. The molecule has 0 aromatic heterocycles. The van der Waals surface area contributed by atoms with Crippen molar-refractivity contribution in [1.29, 1.82) is 0 Å². The van der Waals surface area contributed by atoms with Gasteiger partial charge in [0.2, 0.25) is 0 Å². The standard InChI is InChI=1S/C19H17NO/c1-14-6-2-3-9-18(14)13-20-19(21)17-11-10-15-7-4-5-8-16(15)12-17/h2-12H,13H2,1H3,(H,20,21). The first-order valence-corrected chi connectivity index (χ1v) is 7.05. The second-order valence-corrected chi connectivity index (χ2v) is 5.17. The highest BCUT2D eigenvalue weighted by molar-refractivity contribution is 5.98. The fourth-order valence-electron chi connectivity index (χ4n) is 2.42. The van der Waals surface area contributed by atoms with Gasteiger partial charge in [0.25, 0.3) is 5.91 Å². The molecule has 0 bridgehead atoms. The average molecular weight is 275 g/mol. The zero-order chi connectivity index (χ0) is 14.7. The van der Waals surface area contributed by atoms with E-state index < -0.39 is 0 Å². The highest BCUT2D eigenvalue weighted by Crippen LogP contribution is 2.15. The van der Waals surface area contributed by atoms with Crippen molar-refractivity contribution in [1.82, 2.24) is 5.32 Å². The van der Waals surface area contributed by atoms with E-state index in [4.69, 9.17) is 0 Å². The van der Waals surface area contributed by atoms with Gasteiger partial charge in [-0.2, -0.15) is 0 Å². The first-order chi connectivity index (χ1) is 10.2. The van der Waals surface area contributed by atoms with E-state index in [1.54, 1.807) is 0 Å². The molecule has 3 rings (SSSR count). The Bertz CT molecular complexity index is 792. The number of nitrogens with one attached hydrogen (secondary N) is 1. The van der Waals surface area contributed by atoms with Crippen molar-refractivity contribution >= 4 is 16.7 Å². The van der Waals surface area contributed by atoms with Crippen LogP contribution in [0.25, 0.3) is 10.8 Å². The summed E-state index contributed by atoms with van der Waals surface area (Å²) in [6.07, 6.45) is 0. The van der Waals surface area contributed by atoms with Crippen LogP contribution in [0.2, 0.25) is 0 Å². The monoisotopic (exact) mass is 275 g/mol. The number of fused-ring (bicyclic) bond motifs is 1. The molecule has 3 aromatic carbocycles. The minimum absolute atomic E-state index is 0.0380. The molecule has 104 valence electrons. The van der Waals surface area contributed by atoms with Crippen molar-refractivity contribution in [2.75, 3.05) is 0 Å². The molecule has 3 aromatic rings. The largest absolute Gasteiger partial charge is 0.348 e. The SMILES string of the molecule is Cc1ccccc1CNC(=O)c1ccc2ccccc2c1. The zero-order valence-electron chi connectivity index (χ0n) is 12.0. The molecule has 0 atom stereocenters. The Balaban J connectivity index is 1.76. The van der Waals surface area contributed by atoms with Crippen molar-refractivity contribution in [3.63, 3.8) is 0 Å². The van der Waals surface area contributed by atoms with Gasteiger partial charge in [-0.3, -0.25) is 4.79 Å². The third kappa shape index (κ3) is 2.95. The number of hydrogen-bond acceptors (Lipinski definition) is 1.